The maximum atomic E-state index is 14.0. The summed E-state index contributed by atoms with van der Waals surface area (Å²) in [5, 5.41) is 2.95. The molecular weight excluding hydrogens is 381 g/mol. The number of nitrogens with zero attached hydrogens (tertiary/aromatic N) is 2. The van der Waals surface area contributed by atoms with Gasteiger partial charge in [-0.05, 0) is 48.9 Å². The molecule has 4 rings (SSSR count). The number of carbonyl (C=O) groups excluding carboxylic acids is 1. The van der Waals surface area contributed by atoms with Crippen molar-refractivity contribution in [3.63, 3.8) is 0 Å². The van der Waals surface area contributed by atoms with Crippen LogP contribution in [0.15, 0.2) is 72.8 Å². The Morgan fingerprint density at radius 2 is 1.67 bits per heavy atom. The van der Waals surface area contributed by atoms with E-state index >= 15 is 0 Å². The van der Waals surface area contributed by atoms with E-state index in [0.29, 0.717) is 43.3 Å². The number of piperazine rings is 1. The van der Waals surface area contributed by atoms with E-state index in [1.165, 1.54) is 6.07 Å². The van der Waals surface area contributed by atoms with Gasteiger partial charge in [-0.25, -0.2) is 9.18 Å². The third-order valence-corrected chi connectivity index (χ3v) is 5.11. The first kappa shape index (κ1) is 19.8. The second-order valence-corrected chi connectivity index (χ2v) is 7.27. The molecular formula is C24H24FN3O2. The molecule has 1 N–H and O–H groups in total. The quantitative estimate of drug-likeness (QED) is 0.642. The molecule has 0 bridgehead atoms. The van der Waals surface area contributed by atoms with Crippen LogP contribution in [0.3, 0.4) is 0 Å². The number of carbonyl (C=O) groups is 1. The van der Waals surface area contributed by atoms with Crippen molar-refractivity contribution in [3.05, 3.63) is 84.2 Å². The SMILES string of the molecule is Cc1cccc(Oc2ccccc2NC(=O)N2CCN(c3ccccc3F)CC2)c1. The summed E-state index contributed by atoms with van der Waals surface area (Å²) in [6.07, 6.45) is 0. The van der Waals surface area contributed by atoms with Crippen LogP contribution in [0.5, 0.6) is 11.5 Å². The summed E-state index contributed by atoms with van der Waals surface area (Å²) in [6, 6.07) is 21.7. The molecule has 1 fully saturated rings. The van der Waals surface area contributed by atoms with E-state index in [1.54, 1.807) is 17.0 Å². The summed E-state index contributed by atoms with van der Waals surface area (Å²) >= 11 is 0. The second kappa shape index (κ2) is 8.86. The Balaban J connectivity index is 1.40. The van der Waals surface area contributed by atoms with Crippen LogP contribution in [-0.4, -0.2) is 37.1 Å². The van der Waals surface area contributed by atoms with Crippen molar-refractivity contribution in [2.45, 2.75) is 6.92 Å². The number of anilines is 2. The first-order valence-electron chi connectivity index (χ1n) is 9.99. The molecule has 1 heterocycles. The average Bonchev–Trinajstić information content (AvgIpc) is 2.76. The predicted molar refractivity (Wildman–Crippen MR) is 117 cm³/mol. The van der Waals surface area contributed by atoms with Gasteiger partial charge in [0.2, 0.25) is 0 Å². The molecule has 1 aliphatic heterocycles. The summed E-state index contributed by atoms with van der Waals surface area (Å²) in [7, 11) is 0. The Morgan fingerprint density at radius 1 is 0.933 bits per heavy atom. The number of benzene rings is 3. The molecule has 0 atom stereocenters. The Morgan fingerprint density at radius 3 is 2.43 bits per heavy atom. The van der Waals surface area contributed by atoms with Gasteiger partial charge in [-0.1, -0.05) is 36.4 Å². The number of ether oxygens (including phenoxy) is 1. The molecule has 0 aliphatic carbocycles. The van der Waals surface area contributed by atoms with E-state index < -0.39 is 0 Å². The number of aryl methyl sites for hydroxylation is 1. The van der Waals surface area contributed by atoms with Gasteiger partial charge in [0, 0.05) is 26.2 Å². The Kier molecular flexibility index (Phi) is 5.84. The van der Waals surface area contributed by atoms with Crippen LogP contribution in [0.1, 0.15) is 5.56 Å². The zero-order valence-corrected chi connectivity index (χ0v) is 16.8. The molecule has 154 valence electrons. The number of para-hydroxylation sites is 3. The minimum atomic E-state index is -0.238. The van der Waals surface area contributed by atoms with E-state index in [2.05, 4.69) is 5.32 Å². The summed E-state index contributed by atoms with van der Waals surface area (Å²) in [4.78, 5) is 16.5. The molecule has 0 unspecified atom stereocenters. The summed E-state index contributed by atoms with van der Waals surface area (Å²) in [5.41, 5.74) is 2.29. The van der Waals surface area contributed by atoms with Crippen molar-refractivity contribution in [3.8, 4) is 11.5 Å². The minimum absolute atomic E-state index is 0.191. The van der Waals surface area contributed by atoms with Gasteiger partial charge < -0.3 is 19.9 Å². The van der Waals surface area contributed by atoms with Crippen LogP contribution >= 0.6 is 0 Å². The van der Waals surface area contributed by atoms with Crippen LogP contribution in [0.4, 0.5) is 20.6 Å². The summed E-state index contributed by atoms with van der Waals surface area (Å²) < 4.78 is 20.0. The standard InChI is InChI=1S/C24H24FN3O2/c1-18-7-6-8-19(17-18)30-23-12-5-3-10-21(23)26-24(29)28-15-13-27(14-16-28)22-11-4-2-9-20(22)25/h2-12,17H,13-16H2,1H3,(H,26,29). The van der Waals surface area contributed by atoms with Gasteiger partial charge in [0.15, 0.2) is 5.75 Å². The van der Waals surface area contributed by atoms with Crippen molar-refractivity contribution in [2.24, 2.45) is 0 Å². The predicted octanol–water partition coefficient (Wildman–Crippen LogP) is 5.28. The number of halogens is 1. The number of nitrogens with one attached hydrogen (secondary N) is 1. The van der Waals surface area contributed by atoms with Crippen LogP contribution in [0, 0.1) is 12.7 Å². The van der Waals surface area contributed by atoms with Crippen molar-refractivity contribution in [1.82, 2.24) is 4.90 Å². The summed E-state index contributed by atoms with van der Waals surface area (Å²) in [5.74, 6) is 1.06. The Labute approximate surface area is 175 Å². The third-order valence-electron chi connectivity index (χ3n) is 5.11. The number of hydrogen-bond donors (Lipinski definition) is 1. The van der Waals surface area contributed by atoms with Crippen LogP contribution in [0.25, 0.3) is 0 Å². The van der Waals surface area contributed by atoms with Crippen LogP contribution < -0.4 is 15.0 Å². The molecule has 0 spiro atoms. The van der Waals surface area contributed by atoms with Gasteiger partial charge in [-0.3, -0.25) is 0 Å². The molecule has 3 aromatic rings. The largest absolute Gasteiger partial charge is 0.455 e. The van der Waals surface area contributed by atoms with Gasteiger partial charge >= 0.3 is 6.03 Å². The Hall–Kier alpha value is -3.54. The van der Waals surface area contributed by atoms with Gasteiger partial charge in [-0.2, -0.15) is 0 Å². The highest BCUT2D eigenvalue weighted by Crippen LogP contribution is 2.30. The van der Waals surface area contributed by atoms with E-state index in [9.17, 15) is 9.18 Å². The number of hydrogen-bond acceptors (Lipinski definition) is 3. The molecule has 0 saturated carbocycles. The lowest BCUT2D eigenvalue weighted by atomic mass is 10.2. The molecule has 0 aromatic heterocycles. The zero-order chi connectivity index (χ0) is 20.9. The summed E-state index contributed by atoms with van der Waals surface area (Å²) in [6.45, 7) is 4.19. The highest BCUT2D eigenvalue weighted by atomic mass is 19.1. The monoisotopic (exact) mass is 405 g/mol. The minimum Gasteiger partial charge on any atom is -0.455 e. The van der Waals surface area contributed by atoms with Gasteiger partial charge in [0.1, 0.15) is 11.6 Å². The van der Waals surface area contributed by atoms with Gasteiger partial charge in [0.25, 0.3) is 0 Å². The lowest BCUT2D eigenvalue weighted by Gasteiger charge is -2.36. The van der Waals surface area contributed by atoms with Crippen LogP contribution in [-0.2, 0) is 0 Å². The van der Waals surface area contributed by atoms with E-state index in [-0.39, 0.29) is 11.8 Å². The smallest absolute Gasteiger partial charge is 0.322 e. The zero-order valence-electron chi connectivity index (χ0n) is 16.8. The molecule has 1 aliphatic rings. The fraction of sp³-hybridized carbons (Fsp3) is 0.208. The lowest BCUT2D eigenvalue weighted by molar-refractivity contribution is 0.208. The van der Waals surface area contributed by atoms with Crippen molar-refractivity contribution >= 4 is 17.4 Å². The van der Waals surface area contributed by atoms with Crippen molar-refractivity contribution < 1.29 is 13.9 Å². The molecule has 3 aromatic carbocycles. The third kappa shape index (κ3) is 4.54. The van der Waals surface area contributed by atoms with Crippen molar-refractivity contribution in [1.29, 1.82) is 0 Å². The molecule has 0 radical (unpaired) electrons. The first-order chi connectivity index (χ1) is 14.6. The highest BCUT2D eigenvalue weighted by Gasteiger charge is 2.23. The lowest BCUT2D eigenvalue weighted by Crippen LogP contribution is -2.50. The number of rotatable bonds is 4. The fourth-order valence-corrected chi connectivity index (χ4v) is 3.52. The topological polar surface area (TPSA) is 44.8 Å². The fourth-order valence-electron chi connectivity index (χ4n) is 3.52. The normalized spacial score (nSPS) is 13.8. The molecule has 6 heteroatoms. The molecule has 30 heavy (non-hydrogen) atoms. The molecule has 5 nitrogen and oxygen atoms in total. The average molecular weight is 405 g/mol. The maximum Gasteiger partial charge on any atom is 0.322 e. The number of amides is 2. The Bertz CT molecular complexity index is 1030. The first-order valence-corrected chi connectivity index (χ1v) is 9.99. The molecule has 1 saturated heterocycles. The number of urea groups is 1. The van der Waals surface area contributed by atoms with E-state index in [0.717, 1.165) is 11.3 Å². The second-order valence-electron chi connectivity index (χ2n) is 7.27. The van der Waals surface area contributed by atoms with Gasteiger partial charge in [0.05, 0.1) is 11.4 Å². The van der Waals surface area contributed by atoms with E-state index in [4.69, 9.17) is 4.74 Å². The molecule has 2 amide bonds. The van der Waals surface area contributed by atoms with Crippen molar-refractivity contribution in [2.75, 3.05) is 36.4 Å². The maximum absolute atomic E-state index is 14.0. The van der Waals surface area contributed by atoms with Gasteiger partial charge in [-0.15, -0.1) is 0 Å². The van der Waals surface area contributed by atoms with E-state index in [1.807, 2.05) is 66.4 Å². The van der Waals surface area contributed by atoms with Crippen LogP contribution in [0.2, 0.25) is 0 Å². The highest BCUT2D eigenvalue weighted by molar-refractivity contribution is 5.91.